The van der Waals surface area contributed by atoms with Crippen molar-refractivity contribution < 1.29 is 14.3 Å². The molecule has 122 valence electrons. The smallest absolute Gasteiger partial charge is 0.306 e. The van der Waals surface area contributed by atoms with Gasteiger partial charge in [0.25, 0.3) is 5.91 Å². The highest BCUT2D eigenvalue weighted by Gasteiger charge is 2.19. The Morgan fingerprint density at radius 1 is 1.27 bits per heavy atom. The van der Waals surface area contributed by atoms with E-state index in [4.69, 9.17) is 27.9 Å². The zero-order valence-electron chi connectivity index (χ0n) is 13.2. The first kappa shape index (κ1) is 18.8. The number of carbonyl (C=O) groups excluding carboxylic acids is 2. The fourth-order valence-corrected chi connectivity index (χ4v) is 2.42. The van der Waals surface area contributed by atoms with E-state index < -0.39 is 0 Å². The van der Waals surface area contributed by atoms with E-state index in [9.17, 15) is 9.59 Å². The van der Waals surface area contributed by atoms with Crippen LogP contribution >= 0.6 is 23.2 Å². The summed E-state index contributed by atoms with van der Waals surface area (Å²) < 4.78 is 4.96. The highest BCUT2D eigenvalue weighted by atomic mass is 35.5. The largest absolute Gasteiger partial charge is 0.456 e. The summed E-state index contributed by atoms with van der Waals surface area (Å²) in [5.41, 5.74) is 0.581. The zero-order chi connectivity index (χ0) is 16.9. The van der Waals surface area contributed by atoms with Crippen LogP contribution in [0.15, 0.2) is 18.2 Å². The Morgan fingerprint density at radius 2 is 1.91 bits per heavy atom. The predicted molar refractivity (Wildman–Crippen MR) is 88.1 cm³/mol. The topological polar surface area (TPSA) is 55.4 Å². The molecular weight excluding hydrogens is 325 g/mol. The van der Waals surface area contributed by atoms with Crippen LogP contribution in [0.3, 0.4) is 0 Å². The maximum Gasteiger partial charge on any atom is 0.306 e. The number of hydrogen-bond donors (Lipinski definition) is 1. The van der Waals surface area contributed by atoms with Gasteiger partial charge in [0, 0.05) is 10.0 Å². The molecule has 0 aliphatic heterocycles. The van der Waals surface area contributed by atoms with Crippen molar-refractivity contribution in [2.24, 2.45) is 5.41 Å². The summed E-state index contributed by atoms with van der Waals surface area (Å²) in [7, 11) is 0. The number of benzene rings is 1. The van der Waals surface area contributed by atoms with Crippen LogP contribution in [-0.2, 0) is 14.3 Å². The molecule has 0 saturated carbocycles. The lowest BCUT2D eigenvalue weighted by Gasteiger charge is -2.18. The molecule has 0 unspecified atom stereocenters. The van der Waals surface area contributed by atoms with E-state index in [0.717, 1.165) is 5.56 Å². The highest BCUT2D eigenvalue weighted by Crippen LogP contribution is 2.26. The van der Waals surface area contributed by atoms with E-state index in [2.05, 4.69) is 5.32 Å². The molecule has 0 aromatic heterocycles. The number of nitrogens with one attached hydrogen (secondary N) is 1. The molecule has 1 rings (SSSR count). The van der Waals surface area contributed by atoms with Crippen molar-refractivity contribution in [1.82, 2.24) is 5.32 Å². The number of esters is 1. The fourth-order valence-electron chi connectivity index (χ4n) is 1.84. The van der Waals surface area contributed by atoms with E-state index in [-0.39, 0.29) is 36.4 Å². The van der Waals surface area contributed by atoms with Gasteiger partial charge in [0.2, 0.25) is 0 Å². The van der Waals surface area contributed by atoms with Crippen molar-refractivity contribution in [2.45, 2.75) is 40.2 Å². The Morgan fingerprint density at radius 3 is 2.45 bits per heavy atom. The normalized spacial score (nSPS) is 12.6. The van der Waals surface area contributed by atoms with Gasteiger partial charge in [-0.2, -0.15) is 0 Å². The van der Waals surface area contributed by atoms with Gasteiger partial charge in [-0.25, -0.2) is 0 Å². The van der Waals surface area contributed by atoms with Gasteiger partial charge in [-0.05, 0) is 30.0 Å². The Hall–Kier alpha value is -1.26. The molecule has 1 amide bonds. The molecule has 1 aromatic rings. The van der Waals surface area contributed by atoms with E-state index >= 15 is 0 Å². The molecule has 1 N–H and O–H groups in total. The van der Waals surface area contributed by atoms with Crippen molar-refractivity contribution in [1.29, 1.82) is 0 Å². The van der Waals surface area contributed by atoms with Crippen LogP contribution in [0.2, 0.25) is 10.0 Å². The molecule has 4 nitrogen and oxygen atoms in total. The van der Waals surface area contributed by atoms with Crippen molar-refractivity contribution in [2.75, 3.05) is 6.61 Å². The van der Waals surface area contributed by atoms with E-state index in [0.29, 0.717) is 10.0 Å². The quantitative estimate of drug-likeness (QED) is 0.815. The van der Waals surface area contributed by atoms with E-state index in [1.54, 1.807) is 25.1 Å². The third kappa shape index (κ3) is 6.67. The van der Waals surface area contributed by atoms with Crippen LogP contribution in [0.5, 0.6) is 0 Å². The molecule has 0 spiro atoms. The summed E-state index contributed by atoms with van der Waals surface area (Å²) >= 11 is 11.9. The number of carbonyl (C=O) groups is 2. The molecule has 0 radical (unpaired) electrons. The summed E-state index contributed by atoms with van der Waals surface area (Å²) in [4.78, 5) is 23.4. The van der Waals surface area contributed by atoms with E-state index in [1.807, 2.05) is 20.8 Å². The molecule has 1 atom stereocenters. The molecule has 0 heterocycles. The van der Waals surface area contributed by atoms with Crippen molar-refractivity contribution in [3.63, 3.8) is 0 Å². The lowest BCUT2D eigenvalue weighted by atomic mass is 9.92. The Bertz CT molecular complexity index is 553. The number of rotatable bonds is 5. The number of ether oxygens (including phenoxy) is 1. The number of amides is 1. The molecule has 1 aromatic carbocycles. The maximum absolute atomic E-state index is 11.8. The van der Waals surface area contributed by atoms with Crippen LogP contribution in [0.25, 0.3) is 0 Å². The average Bonchev–Trinajstić information content (AvgIpc) is 2.34. The van der Waals surface area contributed by atoms with Gasteiger partial charge in [0.15, 0.2) is 6.61 Å². The predicted octanol–water partition coefficient (Wildman–Crippen LogP) is 4.15. The highest BCUT2D eigenvalue weighted by molar-refractivity contribution is 6.35. The molecule has 0 aliphatic rings. The Kier molecular flexibility index (Phi) is 6.69. The maximum atomic E-state index is 11.8. The first-order valence-electron chi connectivity index (χ1n) is 6.98. The monoisotopic (exact) mass is 345 g/mol. The van der Waals surface area contributed by atoms with Gasteiger partial charge >= 0.3 is 5.97 Å². The molecule has 0 saturated heterocycles. The second kappa shape index (κ2) is 7.84. The van der Waals surface area contributed by atoms with Gasteiger partial charge in [0.05, 0.1) is 12.5 Å². The standard InChI is InChI=1S/C16H21Cl2NO3/c1-10(12-6-5-11(17)7-13(12)18)19-14(20)9-22-15(21)8-16(2,3)4/h5-7,10H,8-9H2,1-4H3,(H,19,20)/t10-/m1/s1. The van der Waals surface area contributed by atoms with Gasteiger partial charge in [-0.3, -0.25) is 9.59 Å². The van der Waals surface area contributed by atoms with Gasteiger partial charge in [0.1, 0.15) is 0 Å². The summed E-state index contributed by atoms with van der Waals surface area (Å²) in [6, 6.07) is 4.76. The van der Waals surface area contributed by atoms with Crippen LogP contribution < -0.4 is 5.32 Å². The molecule has 6 heteroatoms. The second-order valence-electron chi connectivity index (χ2n) is 6.35. The van der Waals surface area contributed by atoms with Gasteiger partial charge < -0.3 is 10.1 Å². The molecule has 0 bridgehead atoms. The molecule has 0 fully saturated rings. The third-order valence-electron chi connectivity index (χ3n) is 2.85. The second-order valence-corrected chi connectivity index (χ2v) is 7.20. The zero-order valence-corrected chi connectivity index (χ0v) is 14.7. The van der Waals surface area contributed by atoms with Crippen LogP contribution in [0.4, 0.5) is 0 Å². The summed E-state index contributed by atoms with van der Waals surface area (Å²) in [5.74, 6) is -0.763. The lowest BCUT2D eigenvalue weighted by Crippen LogP contribution is -2.31. The molecular formula is C16H21Cl2NO3. The van der Waals surface area contributed by atoms with Crippen molar-refractivity contribution >= 4 is 35.1 Å². The first-order valence-corrected chi connectivity index (χ1v) is 7.74. The minimum Gasteiger partial charge on any atom is -0.456 e. The number of halogens is 2. The molecule has 22 heavy (non-hydrogen) atoms. The van der Waals surface area contributed by atoms with Crippen LogP contribution in [0.1, 0.15) is 45.7 Å². The molecule has 0 aliphatic carbocycles. The van der Waals surface area contributed by atoms with Crippen LogP contribution in [0, 0.1) is 5.41 Å². The minimum absolute atomic E-state index is 0.169. The number of hydrogen-bond acceptors (Lipinski definition) is 3. The summed E-state index contributed by atoms with van der Waals surface area (Å²) in [6.45, 7) is 7.28. The van der Waals surface area contributed by atoms with E-state index in [1.165, 1.54) is 0 Å². The van der Waals surface area contributed by atoms with Crippen molar-refractivity contribution in [3.8, 4) is 0 Å². The lowest BCUT2D eigenvalue weighted by molar-refractivity contribution is -0.150. The first-order chi connectivity index (χ1) is 10.1. The SMILES string of the molecule is C[C@@H](NC(=O)COC(=O)CC(C)(C)C)c1ccc(Cl)cc1Cl. The van der Waals surface area contributed by atoms with Crippen molar-refractivity contribution in [3.05, 3.63) is 33.8 Å². The summed E-state index contributed by atoms with van der Waals surface area (Å²) in [6.07, 6.45) is 0.263. The van der Waals surface area contributed by atoms with Crippen LogP contribution in [-0.4, -0.2) is 18.5 Å². The average molecular weight is 346 g/mol. The third-order valence-corrected chi connectivity index (χ3v) is 3.41. The van der Waals surface area contributed by atoms with Gasteiger partial charge in [-0.1, -0.05) is 50.0 Å². The Balaban J connectivity index is 2.49. The summed E-state index contributed by atoms with van der Waals surface area (Å²) in [5, 5.41) is 3.74. The fraction of sp³-hybridized carbons (Fsp3) is 0.500. The Labute approximate surface area is 141 Å². The van der Waals surface area contributed by atoms with Gasteiger partial charge in [-0.15, -0.1) is 0 Å². The minimum atomic E-state index is -0.389.